The highest BCUT2D eigenvalue weighted by molar-refractivity contribution is 7.92. The van der Waals surface area contributed by atoms with Crippen LogP contribution in [0.2, 0.25) is 0 Å². The van der Waals surface area contributed by atoms with Gasteiger partial charge in [-0.1, -0.05) is 0 Å². The molecule has 7 nitrogen and oxygen atoms in total. The number of sulfonamides is 1. The molecule has 0 spiro atoms. The molecule has 1 aliphatic rings. The van der Waals surface area contributed by atoms with Crippen LogP contribution in [0, 0.1) is 0 Å². The van der Waals surface area contributed by atoms with Crippen LogP contribution < -0.4 is 4.31 Å². The topological polar surface area (TPSA) is 98.2 Å². The quantitative estimate of drug-likeness (QED) is 0.808. The van der Waals surface area contributed by atoms with E-state index >= 15 is 0 Å². The number of likely N-dealkylation sites (tertiary alicyclic amines) is 1. The SMILES string of the molecule is CN(c1ccc(C(=O)N2CC[C@@](C)(O)[C@@H](O)C2)cc1)S(C)(=O)=O. The smallest absolute Gasteiger partial charge is 0.253 e. The molecule has 0 bridgehead atoms. The maximum absolute atomic E-state index is 12.4. The second kappa shape index (κ2) is 6.10. The summed E-state index contributed by atoms with van der Waals surface area (Å²) in [6.07, 6.45) is 0.415. The van der Waals surface area contributed by atoms with Crippen molar-refractivity contribution in [1.29, 1.82) is 0 Å². The van der Waals surface area contributed by atoms with E-state index in [1.54, 1.807) is 31.2 Å². The fraction of sp³-hybridized carbons (Fsp3) is 0.533. The molecular weight excluding hydrogens is 320 g/mol. The van der Waals surface area contributed by atoms with Crippen molar-refractivity contribution < 1.29 is 23.4 Å². The third-order valence-electron chi connectivity index (χ3n) is 4.26. The summed E-state index contributed by atoms with van der Waals surface area (Å²) in [6.45, 7) is 1.97. The van der Waals surface area contributed by atoms with Crippen molar-refractivity contribution in [2.75, 3.05) is 30.7 Å². The van der Waals surface area contributed by atoms with Crippen LogP contribution in [0.15, 0.2) is 24.3 Å². The molecule has 2 rings (SSSR count). The van der Waals surface area contributed by atoms with E-state index in [1.807, 2.05) is 0 Å². The van der Waals surface area contributed by atoms with Gasteiger partial charge in [-0.3, -0.25) is 9.10 Å². The van der Waals surface area contributed by atoms with Gasteiger partial charge >= 0.3 is 0 Å². The monoisotopic (exact) mass is 342 g/mol. The highest BCUT2D eigenvalue weighted by Crippen LogP contribution is 2.24. The number of hydrogen-bond donors (Lipinski definition) is 2. The molecule has 0 radical (unpaired) electrons. The van der Waals surface area contributed by atoms with E-state index in [0.717, 1.165) is 10.6 Å². The molecule has 0 aromatic heterocycles. The number of benzene rings is 1. The number of carbonyl (C=O) groups excluding carboxylic acids is 1. The van der Waals surface area contributed by atoms with Crippen molar-refractivity contribution in [3.05, 3.63) is 29.8 Å². The summed E-state index contributed by atoms with van der Waals surface area (Å²) in [5.74, 6) is -0.256. The maximum Gasteiger partial charge on any atom is 0.253 e. The average Bonchev–Trinajstić information content (AvgIpc) is 2.48. The summed E-state index contributed by atoms with van der Waals surface area (Å²) in [7, 11) is -1.91. The number of piperidine rings is 1. The first-order valence-corrected chi connectivity index (χ1v) is 9.11. The number of aliphatic hydroxyl groups is 2. The zero-order valence-electron chi connectivity index (χ0n) is 13.4. The molecule has 2 N–H and O–H groups in total. The van der Waals surface area contributed by atoms with Gasteiger partial charge in [-0.25, -0.2) is 8.42 Å². The Hall–Kier alpha value is -1.64. The van der Waals surface area contributed by atoms with Gasteiger partial charge in [-0.05, 0) is 37.6 Å². The van der Waals surface area contributed by atoms with Crippen LogP contribution in [0.4, 0.5) is 5.69 Å². The Kier molecular flexibility index (Phi) is 4.70. The zero-order chi connectivity index (χ0) is 17.4. The van der Waals surface area contributed by atoms with Crippen molar-refractivity contribution in [2.24, 2.45) is 0 Å². The number of hydrogen-bond acceptors (Lipinski definition) is 5. The molecule has 2 atom stereocenters. The van der Waals surface area contributed by atoms with Gasteiger partial charge in [0.2, 0.25) is 10.0 Å². The Morgan fingerprint density at radius 2 is 1.91 bits per heavy atom. The molecule has 23 heavy (non-hydrogen) atoms. The molecule has 1 amide bonds. The molecule has 1 heterocycles. The number of rotatable bonds is 3. The predicted octanol–water partition coefficient (Wildman–Crippen LogP) is 0.0402. The van der Waals surface area contributed by atoms with Gasteiger partial charge < -0.3 is 15.1 Å². The molecule has 0 aliphatic carbocycles. The number of nitrogens with zero attached hydrogens (tertiary/aromatic N) is 2. The molecule has 1 saturated heterocycles. The number of carbonyl (C=O) groups is 1. The zero-order valence-corrected chi connectivity index (χ0v) is 14.2. The normalized spacial score (nSPS) is 25.3. The average molecular weight is 342 g/mol. The van der Waals surface area contributed by atoms with E-state index in [-0.39, 0.29) is 12.5 Å². The number of aliphatic hydroxyl groups excluding tert-OH is 1. The van der Waals surface area contributed by atoms with E-state index < -0.39 is 21.7 Å². The van der Waals surface area contributed by atoms with Crippen molar-refractivity contribution in [1.82, 2.24) is 4.90 Å². The van der Waals surface area contributed by atoms with E-state index in [4.69, 9.17) is 0 Å². The van der Waals surface area contributed by atoms with Crippen LogP contribution in [0.5, 0.6) is 0 Å². The van der Waals surface area contributed by atoms with Gasteiger partial charge in [0.05, 0.1) is 23.6 Å². The lowest BCUT2D eigenvalue weighted by molar-refractivity contribution is -0.0999. The Morgan fingerprint density at radius 3 is 2.39 bits per heavy atom. The largest absolute Gasteiger partial charge is 0.388 e. The van der Waals surface area contributed by atoms with Crippen LogP contribution in [-0.2, 0) is 10.0 Å². The summed E-state index contributed by atoms with van der Waals surface area (Å²) < 4.78 is 24.1. The highest BCUT2D eigenvalue weighted by atomic mass is 32.2. The summed E-state index contributed by atoms with van der Waals surface area (Å²) >= 11 is 0. The Labute approximate surface area is 136 Å². The van der Waals surface area contributed by atoms with Gasteiger partial charge in [0.15, 0.2) is 0 Å². The van der Waals surface area contributed by atoms with Crippen LogP contribution in [-0.4, -0.2) is 67.5 Å². The van der Waals surface area contributed by atoms with E-state index in [9.17, 15) is 23.4 Å². The van der Waals surface area contributed by atoms with Gasteiger partial charge in [0.1, 0.15) is 0 Å². The van der Waals surface area contributed by atoms with Gasteiger partial charge in [0, 0.05) is 25.7 Å². The minimum Gasteiger partial charge on any atom is -0.388 e. The fourth-order valence-electron chi connectivity index (χ4n) is 2.40. The molecule has 8 heteroatoms. The van der Waals surface area contributed by atoms with Gasteiger partial charge in [0.25, 0.3) is 5.91 Å². The predicted molar refractivity (Wildman–Crippen MR) is 86.8 cm³/mol. The lowest BCUT2D eigenvalue weighted by Crippen LogP contribution is -2.55. The van der Waals surface area contributed by atoms with Crippen molar-refractivity contribution in [3.8, 4) is 0 Å². The standard InChI is InChI=1S/C15H22N2O5S/c1-15(20)8-9-17(10-13(15)18)14(19)11-4-6-12(7-5-11)16(2)23(3,21)22/h4-7,13,18,20H,8-10H2,1-3H3/t13-,15+/m0/s1. The first-order chi connectivity index (χ1) is 10.5. The summed E-state index contributed by atoms with van der Waals surface area (Å²) in [4.78, 5) is 13.9. The molecule has 128 valence electrons. The molecule has 1 fully saturated rings. The molecular formula is C15H22N2O5S. The number of anilines is 1. The van der Waals surface area contributed by atoms with E-state index in [1.165, 1.54) is 11.9 Å². The maximum atomic E-state index is 12.4. The van der Waals surface area contributed by atoms with Crippen LogP contribution >= 0.6 is 0 Å². The second-order valence-corrected chi connectivity index (χ2v) is 8.17. The van der Waals surface area contributed by atoms with Crippen molar-refractivity contribution in [3.63, 3.8) is 0 Å². The second-order valence-electron chi connectivity index (χ2n) is 6.15. The Morgan fingerprint density at radius 1 is 1.35 bits per heavy atom. The van der Waals surface area contributed by atoms with Crippen molar-refractivity contribution in [2.45, 2.75) is 25.0 Å². The number of β-amino-alcohol motifs (C(OH)–C–C–N with tert-alkyl or cyclic N) is 1. The lowest BCUT2D eigenvalue weighted by Gasteiger charge is -2.39. The first kappa shape index (κ1) is 17.7. The lowest BCUT2D eigenvalue weighted by atomic mass is 9.90. The molecule has 1 aromatic rings. The fourth-order valence-corrected chi connectivity index (χ4v) is 2.90. The van der Waals surface area contributed by atoms with Crippen molar-refractivity contribution >= 4 is 21.6 Å². The molecule has 0 saturated carbocycles. The first-order valence-electron chi connectivity index (χ1n) is 7.26. The van der Waals surface area contributed by atoms with Gasteiger partial charge in [-0.15, -0.1) is 0 Å². The highest BCUT2D eigenvalue weighted by Gasteiger charge is 2.38. The molecule has 1 aromatic carbocycles. The van der Waals surface area contributed by atoms with Gasteiger partial charge in [-0.2, -0.15) is 0 Å². The summed E-state index contributed by atoms with van der Waals surface area (Å²) in [5, 5.41) is 19.8. The Bertz CT molecular complexity index is 684. The Balaban J connectivity index is 2.12. The van der Waals surface area contributed by atoms with E-state index in [2.05, 4.69) is 0 Å². The minimum absolute atomic E-state index is 0.0663. The van der Waals surface area contributed by atoms with Crippen LogP contribution in [0.1, 0.15) is 23.7 Å². The summed E-state index contributed by atoms with van der Waals surface area (Å²) in [5.41, 5.74) is -0.311. The third kappa shape index (κ3) is 3.82. The molecule has 0 unspecified atom stereocenters. The van der Waals surface area contributed by atoms with Crippen LogP contribution in [0.25, 0.3) is 0 Å². The molecule has 1 aliphatic heterocycles. The van der Waals surface area contributed by atoms with Crippen LogP contribution in [0.3, 0.4) is 0 Å². The van der Waals surface area contributed by atoms with E-state index in [0.29, 0.717) is 24.2 Å². The number of amides is 1. The minimum atomic E-state index is -3.35. The third-order valence-corrected chi connectivity index (χ3v) is 5.47. The summed E-state index contributed by atoms with van der Waals surface area (Å²) in [6, 6.07) is 6.23.